The van der Waals surface area contributed by atoms with E-state index in [2.05, 4.69) is 5.32 Å². The molecule has 0 spiro atoms. The topological polar surface area (TPSA) is 112 Å². The van der Waals surface area contributed by atoms with Crippen LogP contribution >= 0.6 is 0 Å². The van der Waals surface area contributed by atoms with Crippen molar-refractivity contribution in [3.8, 4) is 22.9 Å². The van der Waals surface area contributed by atoms with Crippen molar-refractivity contribution in [2.24, 2.45) is 0 Å². The predicted molar refractivity (Wildman–Crippen MR) is 125 cm³/mol. The highest BCUT2D eigenvalue weighted by Gasteiger charge is 2.35. The molecule has 0 saturated heterocycles. The van der Waals surface area contributed by atoms with Crippen LogP contribution in [0.25, 0.3) is 22.3 Å². The molecule has 9 nitrogen and oxygen atoms in total. The molecule has 3 aliphatic heterocycles. The summed E-state index contributed by atoms with van der Waals surface area (Å²) in [7, 11) is 0. The van der Waals surface area contributed by atoms with Crippen LogP contribution in [0.1, 0.15) is 28.4 Å². The summed E-state index contributed by atoms with van der Waals surface area (Å²) in [4.78, 5) is 30.2. The van der Waals surface area contributed by atoms with E-state index in [1.165, 1.54) is 0 Å². The third kappa shape index (κ3) is 2.95. The van der Waals surface area contributed by atoms with Gasteiger partial charge in [0.1, 0.15) is 6.61 Å². The Kier molecular flexibility index (Phi) is 4.19. The molecule has 7 rings (SSSR count). The highest BCUT2D eigenvalue weighted by Crippen LogP contribution is 2.42. The minimum atomic E-state index is -1.49. The lowest BCUT2D eigenvalue weighted by atomic mass is 9.98. The Labute approximate surface area is 198 Å². The fourth-order valence-electron chi connectivity index (χ4n) is 5.05. The summed E-state index contributed by atoms with van der Waals surface area (Å²) < 4.78 is 17.8. The van der Waals surface area contributed by atoms with E-state index in [0.717, 1.165) is 22.2 Å². The van der Waals surface area contributed by atoms with Gasteiger partial charge in [0.2, 0.25) is 6.79 Å². The average Bonchev–Trinajstić information content (AvgIpc) is 3.48. The molecule has 4 aromatic rings. The van der Waals surface area contributed by atoms with E-state index in [1.54, 1.807) is 10.6 Å². The number of aromatic nitrogens is 2. The van der Waals surface area contributed by atoms with Crippen molar-refractivity contribution in [3.63, 3.8) is 0 Å². The van der Waals surface area contributed by atoms with Crippen LogP contribution in [0.5, 0.6) is 11.5 Å². The Morgan fingerprint density at radius 3 is 2.66 bits per heavy atom. The average molecular weight is 469 g/mol. The molecule has 0 fully saturated rings. The standard InChI is InChI=1S/C26H19N3O6/c30-24-15-6-20-23-17(10-29(20)25(31)18(15)11-33-26(24)32)16(9-27-13-4-2-1-3-5-13)14-7-21-22(35-12-34-21)8-19(14)28-23/h1-8,24,27,30H,9-12H2. The van der Waals surface area contributed by atoms with Crippen molar-refractivity contribution in [2.45, 2.75) is 25.8 Å². The molecule has 9 heteroatoms. The van der Waals surface area contributed by atoms with Crippen LogP contribution in [0, 0.1) is 0 Å². The minimum absolute atomic E-state index is 0.153. The minimum Gasteiger partial charge on any atom is -0.458 e. The molecule has 0 amide bonds. The number of cyclic esters (lactones) is 1. The summed E-state index contributed by atoms with van der Waals surface area (Å²) in [5.41, 5.74) is 5.06. The number of nitrogens with zero attached hydrogens (tertiary/aromatic N) is 2. The SMILES string of the molecule is O=C1OCc2c(cc3n(c2=O)Cc2c-3nc3cc4c(cc3c2CNc2ccccc2)OCO4)C1O. The lowest BCUT2D eigenvalue weighted by Gasteiger charge is -2.21. The van der Waals surface area contributed by atoms with Crippen LogP contribution in [-0.4, -0.2) is 27.4 Å². The number of carbonyl (C=O) groups is 1. The number of anilines is 1. The van der Waals surface area contributed by atoms with E-state index in [-0.39, 0.29) is 24.5 Å². The molecule has 174 valence electrons. The third-order valence-corrected chi connectivity index (χ3v) is 6.81. The number of pyridine rings is 2. The number of nitrogens with one attached hydrogen (secondary N) is 1. The van der Waals surface area contributed by atoms with E-state index in [1.807, 2.05) is 42.5 Å². The quantitative estimate of drug-likeness (QED) is 0.388. The summed E-state index contributed by atoms with van der Waals surface area (Å²) in [6.07, 6.45) is -1.49. The molecule has 5 heterocycles. The van der Waals surface area contributed by atoms with Gasteiger partial charge in [0, 0.05) is 34.8 Å². The number of benzene rings is 2. The smallest absolute Gasteiger partial charge is 0.340 e. The molecule has 0 radical (unpaired) electrons. The number of rotatable bonds is 3. The molecule has 1 unspecified atom stereocenters. The van der Waals surface area contributed by atoms with E-state index in [0.29, 0.717) is 47.1 Å². The molecule has 0 aliphatic carbocycles. The molecule has 2 N–H and O–H groups in total. The highest BCUT2D eigenvalue weighted by atomic mass is 16.7. The van der Waals surface area contributed by atoms with Gasteiger partial charge in [-0.05, 0) is 29.8 Å². The fourth-order valence-corrected chi connectivity index (χ4v) is 5.05. The molecule has 2 aromatic carbocycles. The second-order valence-electron chi connectivity index (χ2n) is 8.72. The first-order valence-electron chi connectivity index (χ1n) is 11.2. The number of hydrogen-bond acceptors (Lipinski definition) is 8. The zero-order chi connectivity index (χ0) is 23.7. The van der Waals surface area contributed by atoms with E-state index in [9.17, 15) is 14.7 Å². The maximum atomic E-state index is 13.4. The molecular formula is C26H19N3O6. The van der Waals surface area contributed by atoms with E-state index < -0.39 is 12.1 Å². The Bertz CT molecular complexity index is 1610. The number of esters is 1. The van der Waals surface area contributed by atoms with Crippen molar-refractivity contribution in [1.82, 2.24) is 9.55 Å². The van der Waals surface area contributed by atoms with Gasteiger partial charge >= 0.3 is 5.97 Å². The monoisotopic (exact) mass is 469 g/mol. The number of ether oxygens (including phenoxy) is 3. The van der Waals surface area contributed by atoms with Gasteiger partial charge in [-0.15, -0.1) is 0 Å². The Hall–Kier alpha value is -4.37. The molecule has 1 atom stereocenters. The highest BCUT2D eigenvalue weighted by molar-refractivity contribution is 5.91. The first-order valence-corrected chi connectivity index (χ1v) is 11.2. The zero-order valence-electron chi connectivity index (χ0n) is 18.4. The molecular weight excluding hydrogens is 450 g/mol. The number of fused-ring (bicyclic) bond motifs is 6. The number of hydrogen-bond donors (Lipinski definition) is 2. The maximum absolute atomic E-state index is 13.4. The van der Waals surface area contributed by atoms with E-state index >= 15 is 0 Å². The normalized spacial score (nSPS) is 17.1. The molecule has 0 bridgehead atoms. The predicted octanol–water partition coefficient (Wildman–Crippen LogP) is 2.86. The van der Waals surface area contributed by atoms with Gasteiger partial charge in [0.15, 0.2) is 17.6 Å². The van der Waals surface area contributed by atoms with Gasteiger partial charge in [0.25, 0.3) is 5.56 Å². The van der Waals surface area contributed by atoms with Crippen LogP contribution in [-0.2, 0) is 29.2 Å². The Morgan fingerprint density at radius 2 is 1.83 bits per heavy atom. The summed E-state index contributed by atoms with van der Waals surface area (Å²) in [5.74, 6) is 0.514. The first kappa shape index (κ1) is 20.0. The van der Waals surface area contributed by atoms with Crippen molar-refractivity contribution >= 4 is 22.6 Å². The van der Waals surface area contributed by atoms with Gasteiger partial charge in [-0.2, -0.15) is 0 Å². The second kappa shape index (κ2) is 7.31. The molecule has 0 saturated carbocycles. The van der Waals surface area contributed by atoms with Crippen molar-refractivity contribution in [1.29, 1.82) is 0 Å². The van der Waals surface area contributed by atoms with Crippen LogP contribution in [0.4, 0.5) is 5.69 Å². The summed E-state index contributed by atoms with van der Waals surface area (Å²) in [6.45, 7) is 0.822. The summed E-state index contributed by atoms with van der Waals surface area (Å²) in [6, 6.07) is 15.3. The van der Waals surface area contributed by atoms with Crippen LogP contribution in [0.3, 0.4) is 0 Å². The van der Waals surface area contributed by atoms with Crippen molar-refractivity contribution in [2.75, 3.05) is 12.1 Å². The van der Waals surface area contributed by atoms with Gasteiger partial charge in [-0.1, -0.05) is 18.2 Å². The second-order valence-corrected chi connectivity index (χ2v) is 8.72. The molecule has 3 aliphatic rings. The van der Waals surface area contributed by atoms with Crippen molar-refractivity contribution < 1.29 is 24.1 Å². The van der Waals surface area contributed by atoms with Gasteiger partial charge < -0.3 is 29.2 Å². The molecule has 2 aromatic heterocycles. The number of carbonyl (C=O) groups excluding carboxylic acids is 1. The zero-order valence-corrected chi connectivity index (χ0v) is 18.4. The summed E-state index contributed by atoms with van der Waals surface area (Å²) in [5, 5.41) is 14.8. The number of aliphatic hydroxyl groups excluding tert-OH is 1. The van der Waals surface area contributed by atoms with Crippen LogP contribution in [0.2, 0.25) is 0 Å². The summed E-state index contributed by atoms with van der Waals surface area (Å²) >= 11 is 0. The van der Waals surface area contributed by atoms with Crippen LogP contribution < -0.4 is 20.3 Å². The Morgan fingerprint density at radius 1 is 1.03 bits per heavy atom. The van der Waals surface area contributed by atoms with Crippen LogP contribution in [0.15, 0.2) is 53.3 Å². The fraction of sp³-hybridized carbons (Fsp3) is 0.192. The van der Waals surface area contributed by atoms with Gasteiger partial charge in [-0.3, -0.25) is 4.79 Å². The maximum Gasteiger partial charge on any atom is 0.340 e. The number of aliphatic hydroxyl groups is 1. The number of para-hydroxylation sites is 1. The lowest BCUT2D eigenvalue weighted by Crippen LogP contribution is -2.32. The Balaban J connectivity index is 1.44. The van der Waals surface area contributed by atoms with Crippen molar-refractivity contribution in [3.05, 3.63) is 81.1 Å². The first-order chi connectivity index (χ1) is 17.1. The lowest BCUT2D eigenvalue weighted by molar-refractivity contribution is -0.157. The van der Waals surface area contributed by atoms with E-state index in [4.69, 9.17) is 19.2 Å². The largest absolute Gasteiger partial charge is 0.458 e. The van der Waals surface area contributed by atoms with Gasteiger partial charge in [-0.25, -0.2) is 9.78 Å². The van der Waals surface area contributed by atoms with Gasteiger partial charge in [0.05, 0.1) is 29.0 Å². The molecule has 35 heavy (non-hydrogen) atoms. The third-order valence-electron chi connectivity index (χ3n) is 6.81.